The summed E-state index contributed by atoms with van der Waals surface area (Å²) in [7, 11) is 1.66. The van der Waals surface area contributed by atoms with E-state index in [4.69, 9.17) is 16.3 Å². The summed E-state index contributed by atoms with van der Waals surface area (Å²) in [5.41, 5.74) is 8.69. The third kappa shape index (κ3) is 2.96. The zero-order valence-electron chi connectivity index (χ0n) is 13.6. The molecule has 0 aromatic heterocycles. The number of carbonyl (C=O) groups excluding carboxylic acids is 1. The number of amides is 1. The molecule has 0 aliphatic carbocycles. The number of nitriles is 2. The number of carbonyl (C=O) groups is 1. The van der Waals surface area contributed by atoms with Gasteiger partial charge in [-0.3, -0.25) is 4.79 Å². The predicted molar refractivity (Wildman–Crippen MR) is 89.6 cm³/mol. The SMILES string of the molecule is CN1Cc2cc(C#N)ccc2-c2cc(F)c(C[C@H](N)C#N)cc2C1=O. The highest BCUT2D eigenvalue weighted by Gasteiger charge is 2.26. The Morgan fingerprint density at radius 2 is 2.00 bits per heavy atom. The Kier molecular flexibility index (Phi) is 4.22. The topological polar surface area (TPSA) is 93.9 Å². The van der Waals surface area contributed by atoms with Gasteiger partial charge in [0.1, 0.15) is 5.82 Å². The quantitative estimate of drug-likeness (QED) is 0.912. The van der Waals surface area contributed by atoms with Crippen LogP contribution in [0.4, 0.5) is 4.39 Å². The summed E-state index contributed by atoms with van der Waals surface area (Å²) in [5, 5.41) is 17.9. The van der Waals surface area contributed by atoms with Crippen LogP contribution in [0, 0.1) is 28.5 Å². The molecule has 5 nitrogen and oxygen atoms in total. The molecule has 2 aromatic carbocycles. The van der Waals surface area contributed by atoms with Crippen LogP contribution in [-0.4, -0.2) is 23.9 Å². The van der Waals surface area contributed by atoms with Crippen molar-refractivity contribution in [3.63, 3.8) is 0 Å². The maximum atomic E-state index is 14.5. The van der Waals surface area contributed by atoms with E-state index < -0.39 is 11.9 Å². The molecule has 0 fully saturated rings. The summed E-state index contributed by atoms with van der Waals surface area (Å²) in [6.07, 6.45) is 0.0346. The van der Waals surface area contributed by atoms with Crippen LogP contribution < -0.4 is 5.73 Å². The van der Waals surface area contributed by atoms with Crippen molar-refractivity contribution in [3.8, 4) is 23.3 Å². The summed E-state index contributed by atoms with van der Waals surface area (Å²) in [5.74, 6) is -0.742. The first-order valence-electron chi connectivity index (χ1n) is 7.71. The molecule has 2 N–H and O–H groups in total. The number of nitrogens with zero attached hydrogens (tertiary/aromatic N) is 3. The van der Waals surface area contributed by atoms with Gasteiger partial charge in [0.05, 0.1) is 23.7 Å². The maximum Gasteiger partial charge on any atom is 0.254 e. The molecule has 1 atom stereocenters. The summed E-state index contributed by atoms with van der Waals surface area (Å²) >= 11 is 0. The molecule has 25 heavy (non-hydrogen) atoms. The smallest absolute Gasteiger partial charge is 0.254 e. The summed E-state index contributed by atoms with van der Waals surface area (Å²) in [6.45, 7) is 0.326. The number of halogens is 1. The second kappa shape index (κ2) is 6.35. The number of rotatable bonds is 2. The van der Waals surface area contributed by atoms with Gasteiger partial charge in [-0.05, 0) is 46.5 Å². The maximum absolute atomic E-state index is 14.5. The lowest BCUT2D eigenvalue weighted by atomic mass is 9.92. The molecule has 0 bridgehead atoms. The highest BCUT2D eigenvalue weighted by atomic mass is 19.1. The molecule has 6 heteroatoms. The van der Waals surface area contributed by atoms with Gasteiger partial charge in [0.15, 0.2) is 0 Å². The normalized spacial score (nSPS) is 14.0. The van der Waals surface area contributed by atoms with Crippen molar-refractivity contribution in [2.45, 2.75) is 19.0 Å². The highest BCUT2D eigenvalue weighted by molar-refractivity contribution is 6.02. The average Bonchev–Trinajstić information content (AvgIpc) is 2.70. The minimum atomic E-state index is -0.836. The Bertz CT molecular complexity index is 955. The van der Waals surface area contributed by atoms with E-state index in [0.29, 0.717) is 23.2 Å². The zero-order chi connectivity index (χ0) is 18.1. The summed E-state index contributed by atoms with van der Waals surface area (Å²) < 4.78 is 14.5. The van der Waals surface area contributed by atoms with E-state index in [-0.39, 0.29) is 17.9 Å². The minimum Gasteiger partial charge on any atom is -0.337 e. The van der Waals surface area contributed by atoms with E-state index in [0.717, 1.165) is 11.1 Å². The van der Waals surface area contributed by atoms with E-state index >= 15 is 0 Å². The third-order valence-electron chi connectivity index (χ3n) is 4.30. The Hall–Kier alpha value is -3.22. The Morgan fingerprint density at radius 3 is 2.68 bits per heavy atom. The lowest BCUT2D eigenvalue weighted by Crippen LogP contribution is -2.25. The molecule has 0 spiro atoms. The fourth-order valence-corrected chi connectivity index (χ4v) is 3.05. The largest absolute Gasteiger partial charge is 0.337 e. The van der Waals surface area contributed by atoms with Crippen molar-refractivity contribution in [1.82, 2.24) is 4.90 Å². The van der Waals surface area contributed by atoms with Gasteiger partial charge < -0.3 is 10.6 Å². The zero-order valence-corrected chi connectivity index (χ0v) is 13.6. The third-order valence-corrected chi connectivity index (χ3v) is 4.30. The van der Waals surface area contributed by atoms with Crippen molar-refractivity contribution < 1.29 is 9.18 Å². The van der Waals surface area contributed by atoms with Gasteiger partial charge in [0.25, 0.3) is 5.91 Å². The van der Waals surface area contributed by atoms with Crippen LogP contribution in [0.1, 0.15) is 27.0 Å². The lowest BCUT2D eigenvalue weighted by molar-refractivity contribution is 0.0788. The number of hydrogen-bond donors (Lipinski definition) is 1. The Balaban J connectivity index is 2.22. The van der Waals surface area contributed by atoms with Crippen molar-refractivity contribution in [1.29, 1.82) is 10.5 Å². The van der Waals surface area contributed by atoms with Gasteiger partial charge in [-0.2, -0.15) is 10.5 Å². The molecule has 1 amide bonds. The monoisotopic (exact) mass is 334 g/mol. The van der Waals surface area contributed by atoms with Gasteiger partial charge in [0.2, 0.25) is 0 Å². The molecule has 0 radical (unpaired) electrons. The molecule has 1 heterocycles. The first-order chi connectivity index (χ1) is 11.9. The van der Waals surface area contributed by atoms with Crippen molar-refractivity contribution in [2.75, 3.05) is 7.05 Å². The second-order valence-corrected chi connectivity index (χ2v) is 6.07. The van der Waals surface area contributed by atoms with Crippen LogP contribution in [0.3, 0.4) is 0 Å². The minimum absolute atomic E-state index is 0.0346. The molecule has 0 unspecified atom stereocenters. The molecule has 124 valence electrons. The molecule has 2 aromatic rings. The van der Waals surface area contributed by atoms with Crippen LogP contribution in [0.2, 0.25) is 0 Å². The number of nitrogens with two attached hydrogens (primary N) is 1. The summed E-state index contributed by atoms with van der Waals surface area (Å²) in [4.78, 5) is 14.2. The van der Waals surface area contributed by atoms with Gasteiger partial charge in [-0.15, -0.1) is 0 Å². The predicted octanol–water partition coefficient (Wildman–Crippen LogP) is 2.34. The van der Waals surface area contributed by atoms with Crippen molar-refractivity contribution in [3.05, 3.63) is 58.4 Å². The standard InChI is InChI=1S/C19H15FN4O/c1-24-10-13-4-11(8-21)2-3-15(13)16-7-18(20)12(5-14(23)9-22)6-17(16)19(24)25/h2-4,6-7,14H,5,10,23H2,1H3/t14-/m0/s1. The molecular formula is C19H15FN4O. The van der Waals surface area contributed by atoms with Crippen LogP contribution in [0.15, 0.2) is 30.3 Å². The van der Waals surface area contributed by atoms with E-state index in [1.165, 1.54) is 17.0 Å². The first-order valence-corrected chi connectivity index (χ1v) is 7.71. The highest BCUT2D eigenvalue weighted by Crippen LogP contribution is 2.34. The van der Waals surface area contributed by atoms with Crippen LogP contribution in [0.5, 0.6) is 0 Å². The Morgan fingerprint density at radius 1 is 1.24 bits per heavy atom. The number of fused-ring (bicyclic) bond motifs is 3. The molecular weight excluding hydrogens is 319 g/mol. The molecule has 3 rings (SSSR count). The van der Waals surface area contributed by atoms with E-state index in [2.05, 4.69) is 6.07 Å². The fourth-order valence-electron chi connectivity index (χ4n) is 3.05. The van der Waals surface area contributed by atoms with Crippen LogP contribution >= 0.6 is 0 Å². The molecule has 0 saturated heterocycles. The van der Waals surface area contributed by atoms with E-state index in [1.807, 2.05) is 6.07 Å². The van der Waals surface area contributed by atoms with Crippen LogP contribution in [0.25, 0.3) is 11.1 Å². The lowest BCUT2D eigenvalue weighted by Gasteiger charge is -2.15. The second-order valence-electron chi connectivity index (χ2n) is 6.07. The number of hydrogen-bond acceptors (Lipinski definition) is 4. The van der Waals surface area contributed by atoms with Crippen LogP contribution in [-0.2, 0) is 13.0 Å². The average molecular weight is 334 g/mol. The first kappa shape index (κ1) is 16.6. The summed E-state index contributed by atoms with van der Waals surface area (Å²) in [6, 6.07) is 11.0. The van der Waals surface area contributed by atoms with Gasteiger partial charge in [-0.1, -0.05) is 6.07 Å². The number of benzene rings is 2. The molecule has 0 saturated carbocycles. The van der Waals surface area contributed by atoms with Gasteiger partial charge in [0, 0.05) is 25.6 Å². The molecule has 1 aliphatic rings. The van der Waals surface area contributed by atoms with Crippen molar-refractivity contribution >= 4 is 5.91 Å². The van der Waals surface area contributed by atoms with Gasteiger partial charge in [-0.25, -0.2) is 4.39 Å². The van der Waals surface area contributed by atoms with Gasteiger partial charge >= 0.3 is 0 Å². The van der Waals surface area contributed by atoms with E-state index in [1.54, 1.807) is 25.2 Å². The van der Waals surface area contributed by atoms with E-state index in [9.17, 15) is 9.18 Å². The molecule has 1 aliphatic heterocycles. The fraction of sp³-hybridized carbons (Fsp3) is 0.211. The Labute approximate surface area is 144 Å². The van der Waals surface area contributed by atoms with Crippen molar-refractivity contribution in [2.24, 2.45) is 5.73 Å².